The number of benzene rings is 2. The molecule has 6 saturated carbocycles. The predicted molar refractivity (Wildman–Crippen MR) is 155 cm³/mol. The van der Waals surface area contributed by atoms with Crippen molar-refractivity contribution < 1.29 is 24.3 Å². The molecule has 3 aromatic rings. The quantitative estimate of drug-likeness (QED) is 0.441. The number of aromatic nitrogens is 2. The van der Waals surface area contributed by atoms with Crippen molar-refractivity contribution in [1.82, 2.24) is 20.0 Å². The number of anilines is 1. The normalized spacial score (nSPS) is 39.2. The summed E-state index contributed by atoms with van der Waals surface area (Å²) in [6.45, 7) is 1.54. The minimum Gasteiger partial charge on any atom is -0.384 e. The van der Waals surface area contributed by atoms with Crippen LogP contribution in [-0.2, 0) is 14.4 Å². The Hall–Kier alpha value is -4.05. The summed E-state index contributed by atoms with van der Waals surface area (Å²) in [4.78, 5) is 55.1. The third-order valence-corrected chi connectivity index (χ3v) is 13.5. The van der Waals surface area contributed by atoms with E-state index in [1.165, 1.54) is 4.90 Å². The highest BCUT2D eigenvalue weighted by Gasteiger charge is 3.06. The molecule has 6 aliphatic carbocycles. The van der Waals surface area contributed by atoms with E-state index in [-0.39, 0.29) is 36.1 Å². The Morgan fingerprint density at radius 2 is 1.73 bits per heavy atom. The molecule has 4 amide bonds. The zero-order valence-electron chi connectivity index (χ0n) is 23.9. The van der Waals surface area contributed by atoms with Crippen molar-refractivity contribution in [2.45, 2.75) is 43.9 Å². The number of aliphatic hydroxyl groups excluding tert-OH is 1. The maximum Gasteiger partial charge on any atom is 0.259 e. The summed E-state index contributed by atoms with van der Waals surface area (Å²) >= 11 is 0. The Bertz CT molecular complexity index is 1860. The van der Waals surface area contributed by atoms with Crippen LogP contribution < -0.4 is 10.2 Å². The van der Waals surface area contributed by atoms with Crippen molar-refractivity contribution in [3.63, 3.8) is 0 Å². The van der Waals surface area contributed by atoms with Crippen LogP contribution in [0.3, 0.4) is 0 Å². The van der Waals surface area contributed by atoms with E-state index in [1.54, 1.807) is 24.4 Å². The van der Waals surface area contributed by atoms with Crippen LogP contribution in [-0.4, -0.2) is 62.5 Å². The number of carbonyl (C=O) groups is 4. The molecule has 12 rings (SSSR count). The van der Waals surface area contributed by atoms with Crippen LogP contribution in [0.1, 0.15) is 59.3 Å². The Morgan fingerprint density at radius 3 is 2.45 bits per heavy atom. The molecule has 2 aromatic carbocycles. The Labute approximate surface area is 252 Å². The lowest BCUT2D eigenvalue weighted by molar-refractivity contribution is -0.597. The van der Waals surface area contributed by atoms with Gasteiger partial charge < -0.3 is 10.0 Å². The molecular weight excluding hydrogens is 558 g/mol. The van der Waals surface area contributed by atoms with Gasteiger partial charge in [-0.3, -0.25) is 34.1 Å². The fourth-order valence-electron chi connectivity index (χ4n) is 11.8. The summed E-state index contributed by atoms with van der Waals surface area (Å²) in [5.74, 6) is 5.33. The monoisotopic (exact) mass is 589 g/mol. The summed E-state index contributed by atoms with van der Waals surface area (Å²) in [7, 11) is 0. The lowest BCUT2D eigenvalue weighted by atomic mass is 8.96. The largest absolute Gasteiger partial charge is 0.384 e. The summed E-state index contributed by atoms with van der Waals surface area (Å²) in [5.41, 5.74) is 2.50. The number of likely N-dealkylation sites (tertiary alicyclic amines) is 1. The SMILES string of the molecule is O=C1CCC(N2C(=O)c3cccc4c(C(O)c5cnn(C6CCN(C(=O)C78C9C%10C%11C9C7C%11C%108)CC6)c5)ccc2c34)C(=O)N1. The Balaban J connectivity index is 0.829. The number of nitrogens with zero attached hydrogens (tertiary/aromatic N) is 4. The van der Waals surface area contributed by atoms with Gasteiger partial charge in [-0.25, -0.2) is 0 Å². The molecule has 0 spiro atoms. The molecule has 222 valence electrons. The molecule has 0 bridgehead atoms. The Morgan fingerprint density at radius 1 is 0.977 bits per heavy atom. The molecule has 10 heteroatoms. The molecule has 10 nitrogen and oxygen atoms in total. The smallest absolute Gasteiger partial charge is 0.259 e. The first-order chi connectivity index (χ1) is 21.4. The van der Waals surface area contributed by atoms with E-state index < -0.39 is 18.1 Å². The standard InChI is InChI=1S/C34H31N5O5/c40-21-7-6-20(31(42)36-21)39-19-5-4-17(16-2-1-3-18(22(16)19)32(39)43)30(41)14-12-35-38(13-14)15-8-10-37(11-9-15)33(44)34-27-24-23-25(27)29(34)26(23)28(24)34/h1-5,12-13,15,20,23-30,41H,6-11H2,(H,36,40,42). The van der Waals surface area contributed by atoms with Crippen LogP contribution in [0.2, 0.25) is 0 Å². The van der Waals surface area contributed by atoms with Crippen LogP contribution in [0.4, 0.5) is 5.69 Å². The molecule has 2 N–H and O–H groups in total. The lowest BCUT2D eigenvalue weighted by Gasteiger charge is -3.06. The van der Waals surface area contributed by atoms with Gasteiger partial charge >= 0.3 is 0 Å². The molecule has 1 aromatic heterocycles. The lowest BCUT2D eigenvalue weighted by Crippen LogP contribution is -3.07. The second-order valence-corrected chi connectivity index (χ2v) is 14.5. The van der Waals surface area contributed by atoms with Gasteiger partial charge in [0.2, 0.25) is 17.7 Å². The highest BCUT2D eigenvalue weighted by atomic mass is 16.3. The number of rotatable bonds is 5. The predicted octanol–water partition coefficient (Wildman–Crippen LogP) is 2.41. The fraction of sp³-hybridized carbons (Fsp3) is 0.500. The average Bonchev–Trinajstić information content (AvgIpc) is 3.65. The molecule has 4 heterocycles. The molecule has 8 fully saturated rings. The van der Waals surface area contributed by atoms with E-state index in [0.717, 1.165) is 72.7 Å². The van der Waals surface area contributed by atoms with E-state index in [4.69, 9.17) is 0 Å². The number of amides is 4. The van der Waals surface area contributed by atoms with Gasteiger partial charge in [0.1, 0.15) is 12.1 Å². The zero-order valence-corrected chi connectivity index (χ0v) is 23.9. The second kappa shape index (κ2) is 7.59. The van der Waals surface area contributed by atoms with E-state index in [1.807, 2.05) is 23.0 Å². The van der Waals surface area contributed by atoms with Crippen LogP contribution >= 0.6 is 0 Å². The highest BCUT2D eigenvalue weighted by molar-refractivity contribution is 6.27. The molecule has 2 saturated heterocycles. The molecule has 0 radical (unpaired) electrons. The van der Waals surface area contributed by atoms with Crippen LogP contribution in [0, 0.1) is 46.8 Å². The molecular formula is C34H31N5O5. The third kappa shape index (κ3) is 2.40. The third-order valence-electron chi connectivity index (χ3n) is 13.5. The van der Waals surface area contributed by atoms with Gasteiger partial charge in [0.05, 0.1) is 23.3 Å². The summed E-state index contributed by atoms with van der Waals surface area (Å²) in [5, 5.41) is 20.0. The minimum absolute atomic E-state index is 0.0632. The van der Waals surface area contributed by atoms with Gasteiger partial charge in [0.15, 0.2) is 0 Å². The van der Waals surface area contributed by atoms with E-state index in [0.29, 0.717) is 33.7 Å². The Kier molecular flexibility index (Phi) is 4.19. The minimum atomic E-state index is -0.955. The van der Waals surface area contributed by atoms with Gasteiger partial charge in [0, 0.05) is 42.2 Å². The topological polar surface area (TPSA) is 125 Å². The molecule has 44 heavy (non-hydrogen) atoms. The van der Waals surface area contributed by atoms with Crippen molar-refractivity contribution in [1.29, 1.82) is 0 Å². The number of hydrogen-bond acceptors (Lipinski definition) is 6. The fourth-order valence-corrected chi connectivity index (χ4v) is 11.8. The summed E-state index contributed by atoms with van der Waals surface area (Å²) < 4.78 is 1.94. The van der Waals surface area contributed by atoms with Crippen molar-refractivity contribution in [3.8, 4) is 0 Å². The second-order valence-electron chi connectivity index (χ2n) is 14.5. The van der Waals surface area contributed by atoms with Gasteiger partial charge in [-0.05, 0) is 83.8 Å². The first-order valence-corrected chi connectivity index (χ1v) is 16.2. The summed E-state index contributed by atoms with van der Waals surface area (Å²) in [6.07, 6.45) is 4.83. The zero-order chi connectivity index (χ0) is 29.4. The van der Waals surface area contributed by atoms with E-state index in [9.17, 15) is 24.3 Å². The molecule has 3 aliphatic heterocycles. The van der Waals surface area contributed by atoms with Gasteiger partial charge in [-0.2, -0.15) is 5.10 Å². The maximum absolute atomic E-state index is 13.6. The van der Waals surface area contributed by atoms with Crippen LogP contribution in [0.5, 0.6) is 0 Å². The van der Waals surface area contributed by atoms with Crippen molar-refractivity contribution in [2.24, 2.45) is 46.8 Å². The van der Waals surface area contributed by atoms with Gasteiger partial charge in [-0.1, -0.05) is 18.2 Å². The van der Waals surface area contributed by atoms with Crippen molar-refractivity contribution >= 4 is 40.1 Å². The number of aliphatic hydroxyl groups is 1. The van der Waals surface area contributed by atoms with Gasteiger partial charge in [-0.15, -0.1) is 0 Å². The molecule has 2 unspecified atom stereocenters. The van der Waals surface area contributed by atoms with Gasteiger partial charge in [0.25, 0.3) is 5.91 Å². The van der Waals surface area contributed by atoms with Crippen LogP contribution in [0.25, 0.3) is 10.8 Å². The van der Waals surface area contributed by atoms with E-state index >= 15 is 0 Å². The average molecular weight is 590 g/mol. The number of nitrogens with one attached hydrogen (secondary N) is 1. The highest BCUT2D eigenvalue weighted by Crippen LogP contribution is 3.06. The van der Waals surface area contributed by atoms with Crippen molar-refractivity contribution in [2.75, 3.05) is 18.0 Å². The summed E-state index contributed by atoms with van der Waals surface area (Å²) in [6, 6.07) is 8.46. The number of piperidine rings is 2. The number of imide groups is 1. The van der Waals surface area contributed by atoms with E-state index in [2.05, 4.69) is 15.3 Å². The number of carbonyl (C=O) groups excluding carboxylic acids is 4. The maximum atomic E-state index is 13.6. The molecule has 9 aliphatic rings. The number of hydrogen-bond donors (Lipinski definition) is 2. The van der Waals surface area contributed by atoms with Crippen LogP contribution in [0.15, 0.2) is 42.7 Å². The first kappa shape index (κ1) is 24.3. The first-order valence-electron chi connectivity index (χ1n) is 16.2. The van der Waals surface area contributed by atoms with Crippen molar-refractivity contribution in [3.05, 3.63) is 59.4 Å². The molecule has 2 atom stereocenters.